The Morgan fingerprint density at radius 1 is 1.50 bits per heavy atom. The van der Waals surface area contributed by atoms with Gasteiger partial charge in [-0.3, -0.25) is 9.48 Å². The largest absolute Gasteiger partial charge is 0.345 e. The van der Waals surface area contributed by atoms with Gasteiger partial charge in [-0.1, -0.05) is 6.07 Å². The Morgan fingerprint density at radius 2 is 2.25 bits per heavy atom. The minimum Gasteiger partial charge on any atom is -0.345 e. The molecule has 0 saturated heterocycles. The highest BCUT2D eigenvalue weighted by molar-refractivity contribution is 5.94. The van der Waals surface area contributed by atoms with E-state index in [4.69, 9.17) is 5.26 Å². The van der Waals surface area contributed by atoms with Crippen molar-refractivity contribution in [2.45, 2.75) is 19.9 Å². The third-order valence-electron chi connectivity index (χ3n) is 3.12. The van der Waals surface area contributed by atoms with Crippen LogP contribution in [0, 0.1) is 18.3 Å². The average Bonchev–Trinajstić information content (AvgIpc) is 2.77. The fraction of sp³-hybridized carbons (Fsp3) is 0.267. The summed E-state index contributed by atoms with van der Waals surface area (Å²) < 4.78 is 1.73. The van der Waals surface area contributed by atoms with Gasteiger partial charge in [-0.05, 0) is 32.0 Å². The molecule has 0 bridgehead atoms. The molecule has 2 aromatic rings. The van der Waals surface area contributed by atoms with Crippen LogP contribution < -0.4 is 5.32 Å². The summed E-state index contributed by atoms with van der Waals surface area (Å²) in [7, 11) is 1.85. The first kappa shape index (κ1) is 13.8. The number of hydrogen-bond donors (Lipinski definition) is 1. The second-order valence-corrected chi connectivity index (χ2v) is 4.73. The first-order valence-corrected chi connectivity index (χ1v) is 6.32. The highest BCUT2D eigenvalue weighted by atomic mass is 16.1. The molecule has 0 radical (unpaired) electrons. The van der Waals surface area contributed by atoms with Crippen LogP contribution >= 0.6 is 0 Å². The van der Waals surface area contributed by atoms with Crippen molar-refractivity contribution in [3.8, 4) is 6.07 Å². The summed E-state index contributed by atoms with van der Waals surface area (Å²) in [5.74, 6) is -0.196. The molecular formula is C15H16N4O. The topological polar surface area (TPSA) is 70.7 Å². The van der Waals surface area contributed by atoms with Crippen molar-refractivity contribution >= 4 is 5.91 Å². The molecule has 20 heavy (non-hydrogen) atoms. The molecule has 2 rings (SSSR count). The fourth-order valence-electron chi connectivity index (χ4n) is 2.13. The fourth-order valence-corrected chi connectivity index (χ4v) is 2.13. The lowest BCUT2D eigenvalue weighted by Crippen LogP contribution is -2.26. The third kappa shape index (κ3) is 2.86. The minimum absolute atomic E-state index is 0.137. The molecule has 5 heteroatoms. The first-order valence-electron chi connectivity index (χ1n) is 6.32. The number of carbonyl (C=O) groups excluding carboxylic acids is 1. The highest BCUT2D eigenvalue weighted by Gasteiger charge is 2.15. The van der Waals surface area contributed by atoms with E-state index in [0.717, 1.165) is 11.3 Å². The zero-order chi connectivity index (χ0) is 14.7. The maximum Gasteiger partial charge on any atom is 0.251 e. The Balaban J connectivity index is 2.15. The Bertz CT molecular complexity index is 681. The van der Waals surface area contributed by atoms with Crippen LogP contribution in [0.3, 0.4) is 0 Å². The summed E-state index contributed by atoms with van der Waals surface area (Å²) in [5, 5.41) is 16.0. The molecule has 1 unspecified atom stereocenters. The van der Waals surface area contributed by atoms with Crippen molar-refractivity contribution in [1.29, 1.82) is 5.26 Å². The van der Waals surface area contributed by atoms with Gasteiger partial charge in [-0.2, -0.15) is 10.4 Å². The summed E-state index contributed by atoms with van der Waals surface area (Å²) in [4.78, 5) is 12.2. The number of aromatic nitrogens is 2. The van der Waals surface area contributed by atoms with Gasteiger partial charge >= 0.3 is 0 Å². The third-order valence-corrected chi connectivity index (χ3v) is 3.12. The van der Waals surface area contributed by atoms with Crippen LogP contribution in [-0.2, 0) is 7.05 Å². The van der Waals surface area contributed by atoms with Crippen molar-refractivity contribution in [2.75, 3.05) is 0 Å². The van der Waals surface area contributed by atoms with Crippen molar-refractivity contribution in [2.24, 2.45) is 7.05 Å². The van der Waals surface area contributed by atoms with E-state index in [1.165, 1.54) is 0 Å². The molecule has 1 heterocycles. The standard InChI is InChI=1S/C15H16N4O/c1-10(14-9-19(3)18-11(14)2)17-15(20)13-6-4-5-12(7-13)8-16/h4-7,9-10H,1-3H3,(H,17,20). The lowest BCUT2D eigenvalue weighted by atomic mass is 10.1. The van der Waals surface area contributed by atoms with E-state index < -0.39 is 0 Å². The molecule has 0 fully saturated rings. The van der Waals surface area contributed by atoms with Crippen LogP contribution in [0.2, 0.25) is 0 Å². The Kier molecular flexibility index (Phi) is 3.85. The maximum atomic E-state index is 12.2. The van der Waals surface area contributed by atoms with Gasteiger partial charge < -0.3 is 5.32 Å². The van der Waals surface area contributed by atoms with E-state index in [2.05, 4.69) is 10.4 Å². The minimum atomic E-state index is -0.196. The molecule has 1 atom stereocenters. The van der Waals surface area contributed by atoms with Gasteiger partial charge in [0.15, 0.2) is 0 Å². The second-order valence-electron chi connectivity index (χ2n) is 4.73. The normalized spacial score (nSPS) is 11.7. The number of carbonyl (C=O) groups is 1. The number of amides is 1. The predicted octanol–water partition coefficient (Wildman–Crippen LogP) is 2.09. The van der Waals surface area contributed by atoms with Crippen molar-refractivity contribution in [3.63, 3.8) is 0 Å². The number of nitrogens with zero attached hydrogens (tertiary/aromatic N) is 3. The van der Waals surface area contributed by atoms with Crippen LogP contribution in [0.4, 0.5) is 0 Å². The van der Waals surface area contributed by atoms with Crippen LogP contribution in [-0.4, -0.2) is 15.7 Å². The molecule has 0 aliphatic rings. The van der Waals surface area contributed by atoms with Crippen LogP contribution in [0.25, 0.3) is 0 Å². The molecule has 1 N–H and O–H groups in total. The monoisotopic (exact) mass is 268 g/mol. The van der Waals surface area contributed by atoms with Gasteiger partial charge in [0.1, 0.15) is 0 Å². The van der Waals surface area contributed by atoms with E-state index in [-0.39, 0.29) is 11.9 Å². The molecule has 0 saturated carbocycles. The Morgan fingerprint density at radius 3 is 2.85 bits per heavy atom. The van der Waals surface area contributed by atoms with Gasteiger partial charge in [-0.15, -0.1) is 0 Å². The van der Waals surface area contributed by atoms with Gasteiger partial charge in [0.2, 0.25) is 0 Å². The van der Waals surface area contributed by atoms with Crippen molar-refractivity contribution < 1.29 is 4.79 Å². The smallest absolute Gasteiger partial charge is 0.251 e. The number of rotatable bonds is 3. The van der Waals surface area contributed by atoms with Crippen molar-refractivity contribution in [3.05, 3.63) is 52.8 Å². The predicted molar refractivity (Wildman–Crippen MR) is 75.0 cm³/mol. The van der Waals surface area contributed by atoms with Crippen LogP contribution in [0.15, 0.2) is 30.5 Å². The Labute approximate surface area is 117 Å². The van der Waals surface area contributed by atoms with E-state index in [1.807, 2.05) is 33.2 Å². The summed E-state index contributed by atoms with van der Waals surface area (Å²) in [6, 6.07) is 8.54. The summed E-state index contributed by atoms with van der Waals surface area (Å²) in [6.07, 6.45) is 1.89. The summed E-state index contributed by atoms with van der Waals surface area (Å²) in [6.45, 7) is 3.82. The number of aryl methyl sites for hydroxylation is 2. The molecule has 102 valence electrons. The molecule has 1 aromatic heterocycles. The van der Waals surface area contributed by atoms with E-state index in [0.29, 0.717) is 11.1 Å². The van der Waals surface area contributed by atoms with Gasteiger partial charge in [0.25, 0.3) is 5.91 Å². The number of hydrogen-bond acceptors (Lipinski definition) is 3. The maximum absolute atomic E-state index is 12.2. The first-order chi connectivity index (χ1) is 9.51. The summed E-state index contributed by atoms with van der Waals surface area (Å²) in [5.41, 5.74) is 2.84. The van der Waals surface area contributed by atoms with Crippen LogP contribution in [0.1, 0.15) is 40.1 Å². The highest BCUT2D eigenvalue weighted by Crippen LogP contribution is 2.16. The van der Waals surface area contributed by atoms with E-state index >= 15 is 0 Å². The lowest BCUT2D eigenvalue weighted by Gasteiger charge is -2.13. The van der Waals surface area contributed by atoms with Gasteiger partial charge in [0, 0.05) is 24.4 Å². The molecule has 0 aliphatic heterocycles. The molecule has 1 amide bonds. The van der Waals surface area contributed by atoms with E-state index in [9.17, 15) is 4.79 Å². The molecular weight excluding hydrogens is 252 g/mol. The molecule has 0 aliphatic carbocycles. The number of nitrogens with one attached hydrogen (secondary N) is 1. The lowest BCUT2D eigenvalue weighted by molar-refractivity contribution is 0.0940. The second kappa shape index (κ2) is 5.57. The zero-order valence-electron chi connectivity index (χ0n) is 11.7. The molecule has 5 nitrogen and oxygen atoms in total. The summed E-state index contributed by atoms with van der Waals surface area (Å²) >= 11 is 0. The van der Waals surface area contributed by atoms with Gasteiger partial charge in [0.05, 0.1) is 23.4 Å². The average molecular weight is 268 g/mol. The zero-order valence-corrected chi connectivity index (χ0v) is 11.7. The quantitative estimate of drug-likeness (QED) is 0.926. The van der Waals surface area contributed by atoms with Gasteiger partial charge in [-0.25, -0.2) is 0 Å². The number of benzene rings is 1. The molecule has 1 aromatic carbocycles. The SMILES string of the molecule is Cc1nn(C)cc1C(C)NC(=O)c1cccc(C#N)c1. The van der Waals surface area contributed by atoms with Crippen molar-refractivity contribution in [1.82, 2.24) is 15.1 Å². The molecule has 0 spiro atoms. The van der Waals surface area contributed by atoms with Crippen LogP contribution in [0.5, 0.6) is 0 Å². The Hall–Kier alpha value is -2.61. The van der Waals surface area contributed by atoms with E-state index in [1.54, 1.807) is 28.9 Å². The number of nitriles is 1.